The van der Waals surface area contributed by atoms with E-state index in [1.807, 2.05) is 0 Å². The number of fused-ring (bicyclic) bond motifs is 1. The summed E-state index contributed by atoms with van der Waals surface area (Å²) in [4.78, 5) is 9.65. The minimum Gasteiger partial charge on any atom is -0.480 e. The highest BCUT2D eigenvalue weighted by Gasteiger charge is 2.14. The summed E-state index contributed by atoms with van der Waals surface area (Å²) in [5.74, 6) is -0.660. The molecule has 0 aromatic rings. The van der Waals surface area contributed by atoms with Crippen LogP contribution in [-0.2, 0) is 4.79 Å². The van der Waals surface area contributed by atoms with E-state index in [9.17, 15) is 4.79 Å². The molecule has 0 spiro atoms. The highest BCUT2D eigenvalue weighted by molar-refractivity contribution is 6.00. The molecule has 0 saturated heterocycles. The van der Waals surface area contributed by atoms with Gasteiger partial charge in [-0.25, -0.2) is 0 Å². The smallest absolute Gasteiger partial charge is 0.322 e. The van der Waals surface area contributed by atoms with Crippen molar-refractivity contribution in [2.75, 3.05) is 6.61 Å². The van der Waals surface area contributed by atoms with Gasteiger partial charge in [-0.3, -0.25) is 4.79 Å². The topological polar surface area (TPSA) is 145 Å². The number of aliphatic carboxylic acids is 1. The lowest BCUT2D eigenvalue weighted by Crippen LogP contribution is -2.33. The van der Waals surface area contributed by atoms with Gasteiger partial charge >= 0.3 is 5.97 Å². The molecule has 4 N–H and O–H groups in total. The molecular weight excluding hydrogens is 204 g/mol. The standard InChI is InChI=1S/C3HN5.C3H7NO3/c1-2-3(6-4-1)7-8-5-2;4-2(1-5)3(6)7/h1H;2,5H,1,4H2,(H,6,7)/t;2-/m.0/s1. The van der Waals surface area contributed by atoms with Crippen molar-refractivity contribution in [2.24, 2.45) is 31.4 Å². The summed E-state index contributed by atoms with van der Waals surface area (Å²) in [6.45, 7) is -0.505. The van der Waals surface area contributed by atoms with Crippen LogP contribution in [0, 0.1) is 0 Å². The van der Waals surface area contributed by atoms with E-state index in [1.165, 1.54) is 6.20 Å². The van der Waals surface area contributed by atoms with Gasteiger partial charge in [0.15, 0.2) is 5.70 Å². The van der Waals surface area contributed by atoms with Gasteiger partial charge in [0.25, 0.3) is 0 Å². The Kier molecular flexibility index (Phi) is 3.71. The highest BCUT2D eigenvalue weighted by Crippen LogP contribution is 2.15. The Morgan fingerprint density at radius 1 is 1.53 bits per heavy atom. The van der Waals surface area contributed by atoms with Crippen molar-refractivity contribution in [1.82, 2.24) is 0 Å². The summed E-state index contributed by atoms with van der Waals surface area (Å²) in [5.41, 5.74) is 5.42. The monoisotopic (exact) mass is 212 g/mol. The van der Waals surface area contributed by atoms with E-state index >= 15 is 0 Å². The maximum atomic E-state index is 9.65. The zero-order chi connectivity index (χ0) is 11.3. The molecule has 15 heavy (non-hydrogen) atoms. The van der Waals surface area contributed by atoms with Gasteiger partial charge in [0.2, 0.25) is 5.84 Å². The van der Waals surface area contributed by atoms with Crippen LogP contribution in [0.1, 0.15) is 0 Å². The zero-order valence-corrected chi connectivity index (χ0v) is 7.48. The van der Waals surface area contributed by atoms with E-state index in [1.54, 1.807) is 0 Å². The predicted molar refractivity (Wildman–Crippen MR) is 47.9 cm³/mol. The number of nitrogens with zero attached hydrogens (tertiary/aromatic N) is 5. The fourth-order valence-electron chi connectivity index (χ4n) is 0.580. The summed E-state index contributed by atoms with van der Waals surface area (Å²) in [6.07, 6.45) is 1.52. The second-order valence-corrected chi connectivity index (χ2v) is 2.47. The molecule has 2 rings (SSSR count). The molecule has 0 amide bonds. The number of rotatable bonds is 2. The van der Waals surface area contributed by atoms with E-state index in [0.29, 0.717) is 11.5 Å². The number of nitrogens with two attached hydrogens (primary N) is 1. The summed E-state index contributed by atoms with van der Waals surface area (Å²) in [7, 11) is 0. The van der Waals surface area contributed by atoms with Crippen LogP contribution in [0.15, 0.2) is 37.6 Å². The molecule has 1 atom stereocenters. The molecule has 2 heterocycles. The molecule has 9 heteroatoms. The van der Waals surface area contributed by atoms with Gasteiger partial charge in [-0.05, 0) is 5.22 Å². The van der Waals surface area contributed by atoms with Crippen LogP contribution in [0.5, 0.6) is 0 Å². The lowest BCUT2D eigenvalue weighted by Gasteiger charge is -1.96. The minimum atomic E-state index is -1.18. The number of carboxylic acids is 1. The van der Waals surface area contributed by atoms with Gasteiger partial charge in [0.1, 0.15) is 6.04 Å². The Labute approximate surface area is 83.7 Å². The summed E-state index contributed by atoms with van der Waals surface area (Å²) in [6, 6.07) is -1.13. The van der Waals surface area contributed by atoms with Crippen LogP contribution in [0.2, 0.25) is 0 Å². The number of carbonyl (C=O) groups is 1. The van der Waals surface area contributed by atoms with E-state index in [0.717, 1.165) is 0 Å². The normalized spacial score (nSPS) is 17.5. The quantitative estimate of drug-likeness (QED) is 0.564. The number of amidine groups is 1. The number of azo groups is 1. The van der Waals surface area contributed by atoms with Gasteiger partial charge < -0.3 is 15.9 Å². The molecule has 80 valence electrons. The molecule has 0 aromatic heterocycles. The van der Waals surface area contributed by atoms with E-state index < -0.39 is 18.6 Å². The molecule has 0 aliphatic carbocycles. The van der Waals surface area contributed by atoms with Crippen molar-refractivity contribution in [3.63, 3.8) is 0 Å². The maximum Gasteiger partial charge on any atom is 0.322 e. The molecule has 2 aliphatic rings. The average molecular weight is 212 g/mol. The van der Waals surface area contributed by atoms with Crippen LogP contribution in [0.4, 0.5) is 0 Å². The summed E-state index contributed by atoms with van der Waals surface area (Å²) < 4.78 is 0. The minimum absolute atomic E-state index is 0.505. The Balaban J connectivity index is 0.000000153. The third-order valence-electron chi connectivity index (χ3n) is 1.37. The summed E-state index contributed by atoms with van der Waals surface area (Å²) >= 11 is 0. The first-order valence-corrected chi connectivity index (χ1v) is 3.84. The van der Waals surface area contributed by atoms with E-state index in [2.05, 4.69) is 25.7 Å². The first-order chi connectivity index (χ1) is 7.15. The molecule has 0 saturated carbocycles. The van der Waals surface area contributed by atoms with Gasteiger partial charge in [-0.1, -0.05) is 0 Å². The van der Waals surface area contributed by atoms with Crippen molar-refractivity contribution >= 4 is 11.8 Å². The lowest BCUT2D eigenvalue weighted by atomic mass is 10.3. The van der Waals surface area contributed by atoms with Crippen molar-refractivity contribution in [2.45, 2.75) is 6.04 Å². The number of aliphatic hydroxyl groups is 1. The second kappa shape index (κ2) is 5.02. The third kappa shape index (κ3) is 3.00. The lowest BCUT2D eigenvalue weighted by molar-refractivity contribution is -0.139. The largest absolute Gasteiger partial charge is 0.480 e. The molecule has 0 aromatic carbocycles. The first kappa shape index (κ1) is 11.1. The molecule has 9 nitrogen and oxygen atoms in total. The van der Waals surface area contributed by atoms with Crippen LogP contribution in [-0.4, -0.2) is 34.7 Å². The molecule has 0 fully saturated rings. The van der Waals surface area contributed by atoms with Crippen LogP contribution in [0.25, 0.3) is 0 Å². The Morgan fingerprint density at radius 3 is 2.73 bits per heavy atom. The Morgan fingerprint density at radius 2 is 2.27 bits per heavy atom. The van der Waals surface area contributed by atoms with Crippen molar-refractivity contribution in [3.05, 3.63) is 11.9 Å². The van der Waals surface area contributed by atoms with Crippen molar-refractivity contribution in [3.8, 4) is 0 Å². The highest BCUT2D eigenvalue weighted by atomic mass is 16.4. The van der Waals surface area contributed by atoms with Gasteiger partial charge in [-0.15, -0.1) is 15.3 Å². The first-order valence-electron chi connectivity index (χ1n) is 3.84. The van der Waals surface area contributed by atoms with Crippen molar-refractivity contribution < 1.29 is 15.0 Å². The number of hydrogen-bond acceptors (Lipinski definition) is 8. The number of aliphatic hydroxyl groups excluding tert-OH is 1. The van der Waals surface area contributed by atoms with Crippen LogP contribution in [0.3, 0.4) is 0 Å². The van der Waals surface area contributed by atoms with Gasteiger partial charge in [0.05, 0.1) is 12.8 Å². The fourth-order valence-corrected chi connectivity index (χ4v) is 0.580. The molecule has 0 radical (unpaired) electrons. The maximum absolute atomic E-state index is 9.65. The van der Waals surface area contributed by atoms with Crippen LogP contribution >= 0.6 is 0 Å². The van der Waals surface area contributed by atoms with Crippen molar-refractivity contribution in [1.29, 1.82) is 0 Å². The second-order valence-electron chi connectivity index (χ2n) is 2.47. The van der Waals surface area contributed by atoms with E-state index in [-0.39, 0.29) is 0 Å². The molecular formula is C6H8N6O3. The van der Waals surface area contributed by atoms with Gasteiger partial charge in [-0.2, -0.15) is 5.11 Å². The fraction of sp³-hybridized carbons (Fsp3) is 0.333. The van der Waals surface area contributed by atoms with Gasteiger partial charge in [0, 0.05) is 0 Å². The van der Waals surface area contributed by atoms with Crippen LogP contribution < -0.4 is 5.73 Å². The molecule has 0 bridgehead atoms. The number of hydrogen-bond donors (Lipinski definition) is 3. The zero-order valence-electron chi connectivity index (χ0n) is 7.48. The molecule has 2 aliphatic heterocycles. The number of carboxylic acid groups (broad SMARTS) is 1. The Hall–Kier alpha value is -2.00. The summed E-state index contributed by atoms with van der Waals surface area (Å²) in [5, 5.41) is 33.5. The average Bonchev–Trinajstić information content (AvgIpc) is 2.78. The third-order valence-corrected chi connectivity index (χ3v) is 1.37. The SMILES string of the molecule is C1=C2N=NN=C2N=N1.N[C@@H](CO)C(=O)O. The van der Waals surface area contributed by atoms with E-state index in [4.69, 9.17) is 15.9 Å². The molecule has 0 unspecified atom stereocenters. The Bertz CT molecular complexity index is 345. The predicted octanol–water partition coefficient (Wildman–Crippen LogP) is -0.537.